The number of aryl methyl sites for hydroxylation is 1. The van der Waals surface area contributed by atoms with Gasteiger partial charge in [0.05, 0.1) is 11.9 Å². The van der Waals surface area contributed by atoms with E-state index in [0.29, 0.717) is 5.82 Å². The first-order valence-electron chi connectivity index (χ1n) is 5.68. The summed E-state index contributed by atoms with van der Waals surface area (Å²) in [7, 11) is 0. The lowest BCUT2D eigenvalue weighted by atomic mass is 10.3. The summed E-state index contributed by atoms with van der Waals surface area (Å²) in [5.74, 6) is -0.297. The van der Waals surface area contributed by atoms with Crippen molar-refractivity contribution in [2.45, 2.75) is 19.4 Å². The molecule has 1 unspecified atom stereocenters. The van der Waals surface area contributed by atoms with Gasteiger partial charge in [-0.2, -0.15) is 0 Å². The van der Waals surface area contributed by atoms with Gasteiger partial charge in [0.2, 0.25) is 11.2 Å². The fourth-order valence-corrected chi connectivity index (χ4v) is 2.73. The van der Waals surface area contributed by atoms with Gasteiger partial charge in [0.15, 0.2) is 0 Å². The lowest BCUT2D eigenvalue weighted by Crippen LogP contribution is -2.34. The highest BCUT2D eigenvalue weighted by Crippen LogP contribution is 2.30. The van der Waals surface area contributed by atoms with E-state index in [9.17, 15) is 9.90 Å². The van der Waals surface area contributed by atoms with Crippen LogP contribution in [0.25, 0.3) is 10.2 Å². The number of amides is 1. The molecule has 0 aromatic carbocycles. The highest BCUT2D eigenvalue weighted by molar-refractivity contribution is 7.18. The number of primary amides is 1. The van der Waals surface area contributed by atoms with E-state index >= 15 is 0 Å². The minimum absolute atomic E-state index is 0.0188. The first kappa shape index (κ1) is 14.0. The van der Waals surface area contributed by atoms with Crippen LogP contribution in [-0.2, 0) is 11.2 Å². The fourth-order valence-electron chi connectivity index (χ4n) is 1.55. The lowest BCUT2D eigenvalue weighted by molar-refractivity contribution is -0.125. The number of carbonyl (C=O) groups excluding carboxylic acids is 1. The van der Waals surface area contributed by atoms with E-state index in [1.165, 1.54) is 11.3 Å². The van der Waals surface area contributed by atoms with Crippen LogP contribution in [0.2, 0.25) is 5.28 Å². The largest absolute Gasteiger partial charge is 0.381 e. The number of nitrogens with one attached hydrogen (secondary N) is 1. The summed E-state index contributed by atoms with van der Waals surface area (Å²) in [6.07, 6.45) is -0.379. The van der Waals surface area contributed by atoms with Gasteiger partial charge in [-0.05, 0) is 24.1 Å². The van der Waals surface area contributed by atoms with Crippen molar-refractivity contribution in [1.82, 2.24) is 9.97 Å². The first-order chi connectivity index (χ1) is 9.01. The van der Waals surface area contributed by atoms with Crippen molar-refractivity contribution >= 4 is 44.9 Å². The standard InChI is InChI=1S/C11H13ClN4O2S/c1-2-5-3-6-9(14-4-7(17)8(13)18)15-11(12)16-10(6)19-5/h3,7,17H,2,4H2,1H3,(H2,13,18)(H,14,15,16). The van der Waals surface area contributed by atoms with E-state index in [2.05, 4.69) is 15.3 Å². The van der Waals surface area contributed by atoms with E-state index < -0.39 is 12.0 Å². The monoisotopic (exact) mass is 300 g/mol. The van der Waals surface area contributed by atoms with E-state index in [0.717, 1.165) is 21.5 Å². The van der Waals surface area contributed by atoms with E-state index in [1.807, 2.05) is 13.0 Å². The number of carbonyl (C=O) groups is 1. The molecule has 102 valence electrons. The number of aliphatic hydroxyl groups is 1. The normalized spacial score (nSPS) is 12.6. The molecule has 0 aliphatic rings. The van der Waals surface area contributed by atoms with Crippen molar-refractivity contribution < 1.29 is 9.90 Å². The molecule has 19 heavy (non-hydrogen) atoms. The molecule has 2 aromatic heterocycles. The maximum absolute atomic E-state index is 10.8. The molecule has 8 heteroatoms. The molecule has 0 bridgehead atoms. The lowest BCUT2D eigenvalue weighted by Gasteiger charge is -2.09. The summed E-state index contributed by atoms with van der Waals surface area (Å²) in [6, 6.07) is 1.97. The van der Waals surface area contributed by atoms with Gasteiger partial charge in [-0.1, -0.05) is 6.92 Å². The summed E-state index contributed by atoms with van der Waals surface area (Å²) in [4.78, 5) is 20.9. The predicted molar refractivity (Wildman–Crippen MR) is 75.5 cm³/mol. The quantitative estimate of drug-likeness (QED) is 0.719. The van der Waals surface area contributed by atoms with Crippen LogP contribution in [0.4, 0.5) is 5.82 Å². The zero-order chi connectivity index (χ0) is 14.0. The maximum Gasteiger partial charge on any atom is 0.248 e. The number of nitrogens with zero attached hydrogens (tertiary/aromatic N) is 2. The van der Waals surface area contributed by atoms with Crippen molar-refractivity contribution in [3.63, 3.8) is 0 Å². The number of halogens is 1. The Morgan fingerprint density at radius 1 is 1.63 bits per heavy atom. The van der Waals surface area contributed by atoms with Gasteiger partial charge in [-0.3, -0.25) is 4.79 Å². The Bertz CT molecular complexity index is 616. The SMILES string of the molecule is CCc1cc2c(NCC(O)C(N)=O)nc(Cl)nc2s1. The Morgan fingerprint density at radius 3 is 3.00 bits per heavy atom. The second-order valence-corrected chi connectivity index (χ2v) is 5.38. The summed E-state index contributed by atoms with van der Waals surface area (Å²) in [5.41, 5.74) is 4.98. The van der Waals surface area contributed by atoms with Crippen molar-refractivity contribution in [3.8, 4) is 0 Å². The van der Waals surface area contributed by atoms with Crippen LogP contribution in [0.1, 0.15) is 11.8 Å². The van der Waals surface area contributed by atoms with Crippen molar-refractivity contribution in [1.29, 1.82) is 0 Å². The molecule has 0 fully saturated rings. The molecule has 0 saturated carbocycles. The van der Waals surface area contributed by atoms with E-state index in [1.54, 1.807) is 0 Å². The van der Waals surface area contributed by atoms with Crippen LogP contribution >= 0.6 is 22.9 Å². The average Bonchev–Trinajstić information content (AvgIpc) is 2.78. The van der Waals surface area contributed by atoms with Gasteiger partial charge in [0, 0.05) is 4.88 Å². The third-order valence-corrected chi connectivity index (χ3v) is 3.90. The number of aliphatic hydroxyl groups excluding tert-OH is 1. The second kappa shape index (κ2) is 5.68. The molecule has 1 atom stereocenters. The molecule has 0 saturated heterocycles. The smallest absolute Gasteiger partial charge is 0.248 e. The number of rotatable bonds is 5. The number of thiophene rings is 1. The number of aromatic nitrogens is 2. The summed E-state index contributed by atoms with van der Waals surface area (Å²) >= 11 is 7.38. The third kappa shape index (κ3) is 3.12. The van der Waals surface area contributed by atoms with Crippen LogP contribution in [0.5, 0.6) is 0 Å². The molecule has 4 N–H and O–H groups in total. The number of hydrogen-bond donors (Lipinski definition) is 3. The Hall–Kier alpha value is -1.44. The molecule has 2 heterocycles. The minimum atomic E-state index is -1.27. The zero-order valence-corrected chi connectivity index (χ0v) is 11.8. The Balaban J connectivity index is 2.30. The molecule has 0 aliphatic heterocycles. The molecule has 1 amide bonds. The summed E-state index contributed by atoms with van der Waals surface area (Å²) in [6.45, 7) is 2.03. The van der Waals surface area contributed by atoms with Gasteiger partial charge >= 0.3 is 0 Å². The van der Waals surface area contributed by atoms with Crippen LogP contribution in [0, 0.1) is 0 Å². The van der Waals surface area contributed by atoms with Crippen molar-refractivity contribution in [3.05, 3.63) is 16.2 Å². The van der Waals surface area contributed by atoms with Crippen LogP contribution in [-0.4, -0.2) is 33.6 Å². The molecule has 6 nitrogen and oxygen atoms in total. The highest BCUT2D eigenvalue weighted by atomic mass is 35.5. The van der Waals surface area contributed by atoms with E-state index in [4.69, 9.17) is 17.3 Å². The molecule has 0 radical (unpaired) electrons. The van der Waals surface area contributed by atoms with Crippen LogP contribution < -0.4 is 11.1 Å². The predicted octanol–water partition coefficient (Wildman–Crippen LogP) is 1.17. The van der Waals surface area contributed by atoms with Crippen molar-refractivity contribution in [2.24, 2.45) is 5.73 Å². The third-order valence-electron chi connectivity index (χ3n) is 2.56. The molecular formula is C11H13ClN4O2S. The molecule has 2 aromatic rings. The Morgan fingerprint density at radius 2 is 2.37 bits per heavy atom. The van der Waals surface area contributed by atoms with Gasteiger partial charge < -0.3 is 16.2 Å². The van der Waals surface area contributed by atoms with Gasteiger partial charge in [0.25, 0.3) is 0 Å². The van der Waals surface area contributed by atoms with Crippen LogP contribution in [0.15, 0.2) is 6.07 Å². The number of anilines is 1. The number of hydrogen-bond acceptors (Lipinski definition) is 6. The zero-order valence-electron chi connectivity index (χ0n) is 10.2. The molecule has 2 rings (SSSR count). The number of nitrogens with two attached hydrogens (primary N) is 1. The van der Waals surface area contributed by atoms with Gasteiger partial charge in [-0.25, -0.2) is 9.97 Å². The maximum atomic E-state index is 10.8. The Kier molecular flexibility index (Phi) is 4.18. The van der Waals surface area contributed by atoms with E-state index in [-0.39, 0.29) is 11.8 Å². The minimum Gasteiger partial charge on any atom is -0.381 e. The molecule has 0 aliphatic carbocycles. The fraction of sp³-hybridized carbons (Fsp3) is 0.364. The first-order valence-corrected chi connectivity index (χ1v) is 6.88. The summed E-state index contributed by atoms with van der Waals surface area (Å²) in [5, 5.41) is 13.2. The second-order valence-electron chi connectivity index (χ2n) is 3.93. The Labute approximate surface area is 118 Å². The summed E-state index contributed by atoms with van der Waals surface area (Å²) < 4.78 is 0. The topological polar surface area (TPSA) is 101 Å². The van der Waals surface area contributed by atoms with Gasteiger partial charge in [0.1, 0.15) is 16.8 Å². The van der Waals surface area contributed by atoms with Crippen molar-refractivity contribution in [2.75, 3.05) is 11.9 Å². The number of fused-ring (bicyclic) bond motifs is 1. The van der Waals surface area contributed by atoms with Crippen LogP contribution in [0.3, 0.4) is 0 Å². The average molecular weight is 301 g/mol. The molecule has 0 spiro atoms. The molecular weight excluding hydrogens is 288 g/mol. The highest BCUT2D eigenvalue weighted by Gasteiger charge is 2.14. The van der Waals surface area contributed by atoms with Gasteiger partial charge in [-0.15, -0.1) is 11.3 Å².